The SMILES string of the molecule is COc1ccc(C[NH+]2CC[NH+](CC(=O)NCCOc3ccc(C)cc3C)CC2)cc1. The maximum absolute atomic E-state index is 12.3. The Balaban J connectivity index is 1.31. The lowest BCUT2D eigenvalue weighted by atomic mass is 10.1. The van der Waals surface area contributed by atoms with Crippen molar-refractivity contribution in [1.82, 2.24) is 5.32 Å². The number of hydrogen-bond acceptors (Lipinski definition) is 3. The van der Waals surface area contributed by atoms with Gasteiger partial charge in [-0.25, -0.2) is 0 Å². The average molecular weight is 414 g/mol. The standard InChI is InChI=1S/C24H33N3O3/c1-19-4-9-23(20(2)16-19)30-15-10-25-24(28)18-27-13-11-26(12-14-27)17-21-5-7-22(29-3)8-6-21/h4-9,16H,10-15,17-18H2,1-3H3,(H,25,28)/p+2. The van der Waals surface area contributed by atoms with Gasteiger partial charge in [0.05, 0.1) is 13.7 Å². The molecule has 2 aromatic rings. The van der Waals surface area contributed by atoms with Crippen molar-refractivity contribution < 1.29 is 24.1 Å². The molecule has 1 saturated heterocycles. The van der Waals surface area contributed by atoms with Gasteiger partial charge in [-0.15, -0.1) is 0 Å². The molecule has 1 aliphatic rings. The Morgan fingerprint density at radius 1 is 1.00 bits per heavy atom. The monoisotopic (exact) mass is 413 g/mol. The van der Waals surface area contributed by atoms with E-state index in [-0.39, 0.29) is 5.91 Å². The van der Waals surface area contributed by atoms with Crippen LogP contribution in [0, 0.1) is 13.8 Å². The number of piperazine rings is 1. The number of rotatable bonds is 9. The van der Waals surface area contributed by atoms with Crippen LogP contribution in [0.15, 0.2) is 42.5 Å². The van der Waals surface area contributed by atoms with Gasteiger partial charge in [-0.05, 0) is 49.7 Å². The van der Waals surface area contributed by atoms with E-state index in [1.165, 1.54) is 16.0 Å². The van der Waals surface area contributed by atoms with Crippen molar-refractivity contribution in [3.8, 4) is 11.5 Å². The molecule has 0 aliphatic carbocycles. The topological polar surface area (TPSA) is 56.4 Å². The Labute approximate surface area is 179 Å². The minimum Gasteiger partial charge on any atom is -0.497 e. The van der Waals surface area contributed by atoms with Crippen molar-refractivity contribution in [3.63, 3.8) is 0 Å². The highest BCUT2D eigenvalue weighted by atomic mass is 16.5. The second kappa shape index (κ2) is 11.0. The highest BCUT2D eigenvalue weighted by molar-refractivity contribution is 5.76. The first kappa shape index (κ1) is 22.1. The highest BCUT2D eigenvalue weighted by Crippen LogP contribution is 2.18. The Bertz CT molecular complexity index is 815. The smallest absolute Gasteiger partial charge is 0.275 e. The molecule has 3 rings (SSSR count). The number of ether oxygens (including phenoxy) is 2. The van der Waals surface area contributed by atoms with E-state index in [4.69, 9.17) is 9.47 Å². The number of amides is 1. The van der Waals surface area contributed by atoms with Crippen LogP contribution in [0.2, 0.25) is 0 Å². The number of nitrogens with one attached hydrogen (secondary N) is 3. The third-order valence-electron chi connectivity index (χ3n) is 5.70. The van der Waals surface area contributed by atoms with Crippen LogP contribution in [0.3, 0.4) is 0 Å². The van der Waals surface area contributed by atoms with Crippen molar-refractivity contribution in [1.29, 1.82) is 0 Å². The fourth-order valence-electron chi connectivity index (χ4n) is 3.94. The van der Waals surface area contributed by atoms with Gasteiger partial charge in [-0.1, -0.05) is 17.7 Å². The summed E-state index contributed by atoms with van der Waals surface area (Å²) in [6.07, 6.45) is 0. The van der Waals surface area contributed by atoms with Crippen LogP contribution in [0.1, 0.15) is 16.7 Å². The molecule has 0 aromatic heterocycles. The third-order valence-corrected chi connectivity index (χ3v) is 5.70. The summed E-state index contributed by atoms with van der Waals surface area (Å²) < 4.78 is 11.0. The molecule has 6 nitrogen and oxygen atoms in total. The van der Waals surface area contributed by atoms with Gasteiger partial charge in [0.15, 0.2) is 6.54 Å². The van der Waals surface area contributed by atoms with Gasteiger partial charge in [-0.2, -0.15) is 0 Å². The first-order valence-electron chi connectivity index (χ1n) is 10.8. The highest BCUT2D eigenvalue weighted by Gasteiger charge is 2.24. The van der Waals surface area contributed by atoms with Crippen LogP contribution >= 0.6 is 0 Å². The summed E-state index contributed by atoms with van der Waals surface area (Å²) in [6.45, 7) is 10.9. The van der Waals surface area contributed by atoms with Crippen LogP contribution < -0.4 is 24.6 Å². The van der Waals surface area contributed by atoms with E-state index in [0.29, 0.717) is 19.7 Å². The van der Waals surface area contributed by atoms with E-state index in [1.807, 2.05) is 31.2 Å². The second-order valence-corrected chi connectivity index (χ2v) is 8.17. The number of quaternary nitrogens is 2. The molecule has 0 radical (unpaired) electrons. The van der Waals surface area contributed by atoms with Crippen LogP contribution in [0.25, 0.3) is 0 Å². The first-order valence-corrected chi connectivity index (χ1v) is 10.8. The number of benzene rings is 2. The second-order valence-electron chi connectivity index (χ2n) is 8.17. The van der Waals surface area contributed by atoms with E-state index in [0.717, 1.165) is 49.8 Å². The molecule has 3 N–H and O–H groups in total. The van der Waals surface area contributed by atoms with Crippen LogP contribution in [-0.2, 0) is 11.3 Å². The van der Waals surface area contributed by atoms with E-state index in [1.54, 1.807) is 12.0 Å². The predicted molar refractivity (Wildman–Crippen MR) is 117 cm³/mol. The number of carbonyl (C=O) groups is 1. The van der Waals surface area contributed by atoms with E-state index in [9.17, 15) is 4.79 Å². The quantitative estimate of drug-likeness (QED) is 0.499. The van der Waals surface area contributed by atoms with Gasteiger partial charge in [-0.3, -0.25) is 4.79 Å². The van der Waals surface area contributed by atoms with Crippen molar-refractivity contribution in [2.45, 2.75) is 20.4 Å². The molecule has 2 aromatic carbocycles. The maximum atomic E-state index is 12.3. The lowest BCUT2D eigenvalue weighted by Crippen LogP contribution is -3.28. The summed E-state index contributed by atoms with van der Waals surface area (Å²) in [5, 5.41) is 2.99. The molecule has 1 amide bonds. The zero-order chi connectivity index (χ0) is 21.3. The zero-order valence-corrected chi connectivity index (χ0v) is 18.4. The molecule has 1 fully saturated rings. The molecule has 6 heteroatoms. The molecule has 0 spiro atoms. The molecule has 1 aliphatic heterocycles. The van der Waals surface area contributed by atoms with Crippen molar-refractivity contribution in [2.75, 3.05) is 53.0 Å². The molecule has 0 atom stereocenters. The van der Waals surface area contributed by atoms with E-state index in [2.05, 4.69) is 30.4 Å². The normalized spacial score (nSPS) is 18.6. The Morgan fingerprint density at radius 3 is 2.37 bits per heavy atom. The van der Waals surface area contributed by atoms with E-state index >= 15 is 0 Å². The number of carbonyl (C=O) groups excluding carboxylic acids is 1. The summed E-state index contributed by atoms with van der Waals surface area (Å²) >= 11 is 0. The van der Waals surface area contributed by atoms with Gasteiger partial charge in [0.2, 0.25) is 0 Å². The fourth-order valence-corrected chi connectivity index (χ4v) is 3.94. The Morgan fingerprint density at radius 2 is 1.70 bits per heavy atom. The summed E-state index contributed by atoms with van der Waals surface area (Å²) in [4.78, 5) is 15.2. The maximum Gasteiger partial charge on any atom is 0.275 e. The van der Waals surface area contributed by atoms with Crippen molar-refractivity contribution in [2.24, 2.45) is 0 Å². The van der Waals surface area contributed by atoms with E-state index < -0.39 is 0 Å². The average Bonchev–Trinajstić information content (AvgIpc) is 2.74. The largest absolute Gasteiger partial charge is 0.497 e. The van der Waals surface area contributed by atoms with Gasteiger partial charge < -0.3 is 24.6 Å². The molecule has 30 heavy (non-hydrogen) atoms. The van der Waals surface area contributed by atoms with Crippen LogP contribution in [0.4, 0.5) is 0 Å². The number of aryl methyl sites for hydroxylation is 2. The predicted octanol–water partition coefficient (Wildman–Crippen LogP) is -0.209. The lowest BCUT2D eigenvalue weighted by molar-refractivity contribution is -1.02. The van der Waals surface area contributed by atoms with Crippen molar-refractivity contribution in [3.05, 3.63) is 59.2 Å². The molecular weight excluding hydrogens is 378 g/mol. The number of methoxy groups -OCH3 is 1. The minimum absolute atomic E-state index is 0.104. The minimum atomic E-state index is 0.104. The lowest BCUT2D eigenvalue weighted by Gasteiger charge is -2.29. The summed E-state index contributed by atoms with van der Waals surface area (Å²) in [7, 11) is 1.69. The number of hydrogen-bond donors (Lipinski definition) is 3. The Hall–Kier alpha value is -2.57. The zero-order valence-electron chi connectivity index (χ0n) is 18.4. The van der Waals surface area contributed by atoms with Gasteiger partial charge in [0.25, 0.3) is 5.91 Å². The van der Waals surface area contributed by atoms with Crippen molar-refractivity contribution >= 4 is 5.91 Å². The molecule has 1 heterocycles. The third kappa shape index (κ3) is 6.75. The molecule has 0 saturated carbocycles. The molecule has 162 valence electrons. The molecule has 0 bridgehead atoms. The first-order chi connectivity index (χ1) is 14.5. The summed E-state index contributed by atoms with van der Waals surface area (Å²) in [5.41, 5.74) is 3.68. The van der Waals surface area contributed by atoms with Gasteiger partial charge in [0.1, 0.15) is 50.8 Å². The van der Waals surface area contributed by atoms with Gasteiger partial charge in [0, 0.05) is 5.56 Å². The van der Waals surface area contributed by atoms with Crippen LogP contribution in [0.5, 0.6) is 11.5 Å². The van der Waals surface area contributed by atoms with Crippen LogP contribution in [-0.4, -0.2) is 58.9 Å². The molecule has 0 unspecified atom stereocenters. The summed E-state index contributed by atoms with van der Waals surface area (Å²) in [5.74, 6) is 1.89. The fraction of sp³-hybridized carbons (Fsp3) is 0.458. The Kier molecular flexibility index (Phi) is 8.11. The van der Waals surface area contributed by atoms with Gasteiger partial charge >= 0.3 is 0 Å². The summed E-state index contributed by atoms with van der Waals surface area (Å²) in [6, 6.07) is 14.4. The molecular formula is C24H35N3O3+2.